The lowest BCUT2D eigenvalue weighted by atomic mass is 10.0. The molecule has 0 spiro atoms. The molecule has 1 atom stereocenters. The molecule has 0 aromatic carbocycles. The third-order valence-corrected chi connectivity index (χ3v) is 3.77. The van der Waals surface area contributed by atoms with Crippen LogP contribution in [-0.4, -0.2) is 33.9 Å². The number of nitrogens with zero attached hydrogens (tertiary/aromatic N) is 2. The summed E-state index contributed by atoms with van der Waals surface area (Å²) >= 11 is 1.07. The summed E-state index contributed by atoms with van der Waals surface area (Å²) in [5.74, 6) is -0.664. The Morgan fingerprint density at radius 1 is 1.42 bits per heavy atom. The van der Waals surface area contributed by atoms with E-state index in [1.807, 2.05) is 0 Å². The van der Waals surface area contributed by atoms with E-state index < -0.39 is 24.7 Å². The van der Waals surface area contributed by atoms with E-state index in [-0.39, 0.29) is 11.5 Å². The normalized spacial score (nSPS) is 13.7. The molecule has 19 heavy (non-hydrogen) atoms. The van der Waals surface area contributed by atoms with Gasteiger partial charge in [-0.25, -0.2) is 0 Å². The quantitative estimate of drug-likeness (QED) is 0.851. The van der Waals surface area contributed by atoms with E-state index in [9.17, 15) is 18.0 Å². The maximum Gasteiger partial charge on any atom is 0.406 e. The average Bonchev–Trinajstić information content (AvgIpc) is 2.69. The molecule has 108 valence electrons. The van der Waals surface area contributed by atoms with Gasteiger partial charge in [0.05, 0.1) is 11.3 Å². The van der Waals surface area contributed by atoms with Gasteiger partial charge in [0.2, 0.25) is 0 Å². The number of carbonyl (C=O) groups is 1. The van der Waals surface area contributed by atoms with Crippen molar-refractivity contribution in [3.8, 4) is 0 Å². The molecule has 0 unspecified atom stereocenters. The number of aromatic nitrogens is 1. The van der Waals surface area contributed by atoms with E-state index in [2.05, 4.69) is 4.37 Å². The van der Waals surface area contributed by atoms with Crippen molar-refractivity contribution in [3.05, 3.63) is 16.6 Å². The second kappa shape index (κ2) is 5.90. The van der Waals surface area contributed by atoms with Gasteiger partial charge in [-0.3, -0.25) is 4.79 Å². The summed E-state index contributed by atoms with van der Waals surface area (Å²) in [4.78, 5) is 13.1. The van der Waals surface area contributed by atoms with Crippen LogP contribution in [0.3, 0.4) is 0 Å². The molecule has 0 radical (unpaired) electrons. The van der Waals surface area contributed by atoms with Gasteiger partial charge in [0.25, 0.3) is 5.91 Å². The molecule has 0 bridgehead atoms. The minimum absolute atomic E-state index is 0.0572. The topological polar surface area (TPSA) is 33.2 Å². The third kappa shape index (κ3) is 4.19. The number of hydrogen-bond acceptors (Lipinski definition) is 3. The number of carbonyl (C=O) groups excluding carboxylic acids is 1. The zero-order chi connectivity index (χ0) is 14.8. The van der Waals surface area contributed by atoms with Gasteiger partial charge in [0.15, 0.2) is 0 Å². The zero-order valence-electron chi connectivity index (χ0n) is 11.3. The first kappa shape index (κ1) is 15.9. The van der Waals surface area contributed by atoms with Crippen LogP contribution in [0.1, 0.15) is 36.8 Å². The van der Waals surface area contributed by atoms with Gasteiger partial charge in [0.1, 0.15) is 6.54 Å². The van der Waals surface area contributed by atoms with Crippen molar-refractivity contribution >= 4 is 17.4 Å². The smallest absolute Gasteiger partial charge is 0.326 e. The van der Waals surface area contributed by atoms with E-state index in [1.54, 1.807) is 27.7 Å². The van der Waals surface area contributed by atoms with Gasteiger partial charge in [-0.2, -0.15) is 17.5 Å². The summed E-state index contributed by atoms with van der Waals surface area (Å²) < 4.78 is 41.8. The van der Waals surface area contributed by atoms with E-state index in [1.165, 1.54) is 5.38 Å². The van der Waals surface area contributed by atoms with E-state index in [0.717, 1.165) is 16.4 Å². The minimum Gasteiger partial charge on any atom is -0.326 e. The highest BCUT2D eigenvalue weighted by Crippen LogP contribution is 2.23. The summed E-state index contributed by atoms with van der Waals surface area (Å²) in [5, 5.41) is 1.49. The van der Waals surface area contributed by atoms with Crippen LogP contribution in [0.2, 0.25) is 0 Å². The van der Waals surface area contributed by atoms with Crippen molar-refractivity contribution in [2.45, 2.75) is 39.9 Å². The van der Waals surface area contributed by atoms with Crippen molar-refractivity contribution in [3.63, 3.8) is 0 Å². The monoisotopic (exact) mass is 294 g/mol. The number of halogens is 3. The molecular formula is C12H17F3N2OS. The number of aryl methyl sites for hydroxylation is 1. The number of alkyl halides is 3. The van der Waals surface area contributed by atoms with Crippen LogP contribution in [0.5, 0.6) is 0 Å². The van der Waals surface area contributed by atoms with Gasteiger partial charge in [0, 0.05) is 11.4 Å². The van der Waals surface area contributed by atoms with E-state index in [0.29, 0.717) is 5.69 Å². The Morgan fingerprint density at radius 2 is 2.00 bits per heavy atom. The molecule has 0 fully saturated rings. The van der Waals surface area contributed by atoms with Crippen molar-refractivity contribution in [1.82, 2.24) is 9.27 Å². The van der Waals surface area contributed by atoms with Gasteiger partial charge in [-0.1, -0.05) is 13.8 Å². The molecule has 0 aliphatic carbocycles. The average molecular weight is 294 g/mol. The molecule has 1 aromatic rings. The van der Waals surface area contributed by atoms with Crippen molar-refractivity contribution in [1.29, 1.82) is 0 Å². The lowest BCUT2D eigenvalue weighted by Crippen LogP contribution is -2.46. The lowest BCUT2D eigenvalue weighted by molar-refractivity contribution is -0.145. The van der Waals surface area contributed by atoms with Crippen LogP contribution in [0, 0.1) is 12.8 Å². The van der Waals surface area contributed by atoms with Crippen LogP contribution in [0.25, 0.3) is 0 Å². The van der Waals surface area contributed by atoms with E-state index in [4.69, 9.17) is 0 Å². The van der Waals surface area contributed by atoms with Crippen molar-refractivity contribution < 1.29 is 18.0 Å². The Kier molecular flexibility index (Phi) is 4.95. The Morgan fingerprint density at radius 3 is 2.37 bits per heavy atom. The fourth-order valence-corrected chi connectivity index (χ4v) is 2.29. The maximum atomic E-state index is 12.6. The van der Waals surface area contributed by atoms with Crippen LogP contribution in [0.4, 0.5) is 13.2 Å². The summed E-state index contributed by atoms with van der Waals surface area (Å²) in [7, 11) is 0. The van der Waals surface area contributed by atoms with Gasteiger partial charge >= 0.3 is 6.18 Å². The molecule has 0 aliphatic heterocycles. The summed E-state index contributed by atoms with van der Waals surface area (Å²) in [6.07, 6.45) is -4.41. The first-order valence-corrected chi connectivity index (χ1v) is 6.76. The van der Waals surface area contributed by atoms with Crippen LogP contribution in [0.15, 0.2) is 5.38 Å². The molecule has 1 aromatic heterocycles. The lowest BCUT2D eigenvalue weighted by Gasteiger charge is -2.32. The highest BCUT2D eigenvalue weighted by molar-refractivity contribution is 7.03. The molecular weight excluding hydrogens is 277 g/mol. The predicted molar refractivity (Wildman–Crippen MR) is 68.2 cm³/mol. The van der Waals surface area contributed by atoms with Crippen LogP contribution < -0.4 is 0 Å². The molecule has 0 N–H and O–H groups in total. The summed E-state index contributed by atoms with van der Waals surface area (Å²) in [5.41, 5.74) is 0.722. The van der Waals surface area contributed by atoms with Crippen LogP contribution in [-0.2, 0) is 0 Å². The van der Waals surface area contributed by atoms with E-state index >= 15 is 0 Å². The molecule has 0 saturated heterocycles. The van der Waals surface area contributed by atoms with Crippen molar-refractivity contribution in [2.75, 3.05) is 6.54 Å². The Labute approximate surface area is 114 Å². The van der Waals surface area contributed by atoms with Crippen molar-refractivity contribution in [2.24, 2.45) is 5.92 Å². The third-order valence-electron chi connectivity index (χ3n) is 3.05. The Bertz CT molecular complexity index is 442. The Balaban J connectivity index is 3.03. The molecule has 7 heteroatoms. The second-order valence-corrected chi connectivity index (χ2v) is 5.48. The second-order valence-electron chi connectivity index (χ2n) is 4.85. The highest BCUT2D eigenvalue weighted by Gasteiger charge is 2.37. The fraction of sp³-hybridized carbons (Fsp3) is 0.667. The molecule has 0 saturated carbocycles. The highest BCUT2D eigenvalue weighted by atomic mass is 32.1. The summed E-state index contributed by atoms with van der Waals surface area (Å²) in [6, 6.07) is -0.492. The molecule has 1 rings (SSSR count). The number of amides is 1. The number of rotatable bonds is 4. The molecule has 3 nitrogen and oxygen atoms in total. The first-order chi connectivity index (χ1) is 8.63. The largest absolute Gasteiger partial charge is 0.406 e. The van der Waals surface area contributed by atoms with Gasteiger partial charge < -0.3 is 4.90 Å². The predicted octanol–water partition coefficient (Wildman–Crippen LogP) is 3.50. The van der Waals surface area contributed by atoms with Gasteiger partial charge in [-0.05, 0) is 31.3 Å². The molecule has 1 heterocycles. The summed E-state index contributed by atoms with van der Waals surface area (Å²) in [6.45, 7) is 5.60. The van der Waals surface area contributed by atoms with Crippen LogP contribution >= 0.6 is 11.5 Å². The molecule has 1 amide bonds. The SMILES string of the molecule is Cc1nscc1C(=O)N(CC(F)(F)F)[C@H](C)C(C)C. The standard InChI is InChI=1S/C12H17F3N2OS/c1-7(2)9(4)17(6-12(13,14)15)11(18)10-5-19-16-8(10)3/h5,7,9H,6H2,1-4H3/t9-/m1/s1. The Hall–Kier alpha value is -1.11. The minimum atomic E-state index is -4.41. The fourth-order valence-electron chi connectivity index (χ4n) is 1.61. The maximum absolute atomic E-state index is 12.6. The number of hydrogen-bond donors (Lipinski definition) is 0. The zero-order valence-corrected chi connectivity index (χ0v) is 12.1. The first-order valence-electron chi connectivity index (χ1n) is 5.92. The van der Waals surface area contributed by atoms with Gasteiger partial charge in [-0.15, -0.1) is 0 Å². The molecule has 0 aliphatic rings.